The minimum absolute atomic E-state index is 0.0698. The van der Waals surface area contributed by atoms with E-state index in [0.29, 0.717) is 52.3 Å². The van der Waals surface area contributed by atoms with Gasteiger partial charge in [-0.1, -0.05) is 59.6 Å². The number of aliphatic hydroxyl groups excluding tert-OH is 1. The summed E-state index contributed by atoms with van der Waals surface area (Å²) < 4.78 is 12.2. The Kier molecular flexibility index (Phi) is 8.72. The Labute approximate surface area is 238 Å². The molecule has 2 N–H and O–H groups in total. The van der Waals surface area contributed by atoms with Crippen molar-refractivity contribution in [1.29, 1.82) is 0 Å². The molecule has 3 aromatic rings. The smallest absolute Gasteiger partial charge is 0.266 e. The van der Waals surface area contributed by atoms with Crippen molar-refractivity contribution in [2.24, 2.45) is 4.99 Å². The Morgan fingerprint density at radius 1 is 1.08 bits per heavy atom. The van der Waals surface area contributed by atoms with Crippen molar-refractivity contribution in [1.82, 2.24) is 10.4 Å². The predicted octanol–water partition coefficient (Wildman–Crippen LogP) is 5.38. The van der Waals surface area contributed by atoms with Gasteiger partial charge in [-0.05, 0) is 54.8 Å². The third-order valence-corrected chi connectivity index (χ3v) is 7.52. The number of carbonyl (C=O) groups excluding carboxylic acids is 1. The highest BCUT2D eigenvalue weighted by molar-refractivity contribution is 6.35. The van der Waals surface area contributed by atoms with E-state index in [4.69, 9.17) is 42.8 Å². The van der Waals surface area contributed by atoms with Gasteiger partial charge in [0.2, 0.25) is 5.90 Å². The van der Waals surface area contributed by atoms with Gasteiger partial charge in [0.25, 0.3) is 5.91 Å². The van der Waals surface area contributed by atoms with E-state index in [2.05, 4.69) is 5.43 Å². The number of ether oxygens (including phenoxy) is 2. The van der Waals surface area contributed by atoms with Gasteiger partial charge in [-0.15, -0.1) is 0 Å². The van der Waals surface area contributed by atoms with Gasteiger partial charge in [-0.3, -0.25) is 10.2 Å². The molecule has 0 unspecified atom stereocenters. The summed E-state index contributed by atoms with van der Waals surface area (Å²) in [5, 5.41) is 11.9. The number of benzene rings is 3. The second-order valence-corrected chi connectivity index (χ2v) is 10.6. The molecule has 7 nitrogen and oxygen atoms in total. The molecule has 2 atom stereocenters. The first kappa shape index (κ1) is 27.5. The number of rotatable bonds is 10. The molecule has 1 fully saturated rings. The van der Waals surface area contributed by atoms with Gasteiger partial charge in [0.1, 0.15) is 5.75 Å². The zero-order valence-corrected chi connectivity index (χ0v) is 23.0. The third kappa shape index (κ3) is 6.23. The number of hydrazine groups is 1. The molecule has 0 radical (unpaired) electrons. The van der Waals surface area contributed by atoms with Crippen LogP contribution >= 0.6 is 23.2 Å². The van der Waals surface area contributed by atoms with Crippen molar-refractivity contribution in [3.8, 4) is 5.75 Å². The number of aliphatic imine (C=N–C) groups is 1. The van der Waals surface area contributed by atoms with Gasteiger partial charge in [-0.25, -0.2) is 10.0 Å². The van der Waals surface area contributed by atoms with Crippen molar-refractivity contribution in [3.05, 3.63) is 99.5 Å². The van der Waals surface area contributed by atoms with E-state index >= 15 is 0 Å². The van der Waals surface area contributed by atoms with Gasteiger partial charge < -0.3 is 14.6 Å². The van der Waals surface area contributed by atoms with Crippen LogP contribution in [0.5, 0.6) is 5.75 Å². The largest absolute Gasteiger partial charge is 0.494 e. The average Bonchev–Trinajstić information content (AvgIpc) is 3.59. The fourth-order valence-corrected chi connectivity index (χ4v) is 5.46. The van der Waals surface area contributed by atoms with Crippen molar-refractivity contribution >= 4 is 35.0 Å². The van der Waals surface area contributed by atoms with Gasteiger partial charge >= 0.3 is 0 Å². The topological polar surface area (TPSA) is 83.4 Å². The van der Waals surface area contributed by atoms with E-state index < -0.39 is 11.6 Å². The van der Waals surface area contributed by atoms with Crippen LogP contribution in [-0.4, -0.2) is 53.8 Å². The monoisotopic (exact) mass is 567 g/mol. The summed E-state index contributed by atoms with van der Waals surface area (Å²) in [5.41, 5.74) is 4.09. The highest BCUT2D eigenvalue weighted by Gasteiger charge is 2.54. The molecule has 2 aliphatic rings. The van der Waals surface area contributed by atoms with Crippen molar-refractivity contribution in [3.63, 3.8) is 0 Å². The SMILES string of the molecule is O=C(NN1CCCC1)[C@@]1(Cc2ccccc2)N=C(c2ccc(OCCCO)cc2)O[C@H]1c1ccc(Cl)cc1Cl. The molecule has 1 amide bonds. The molecule has 0 bridgehead atoms. The van der Waals surface area contributed by atoms with Crippen LogP contribution in [-0.2, 0) is 16.0 Å². The molecule has 0 saturated carbocycles. The summed E-state index contributed by atoms with van der Waals surface area (Å²) in [7, 11) is 0. The van der Waals surface area contributed by atoms with Gasteiger partial charge in [0.15, 0.2) is 11.6 Å². The number of aliphatic hydroxyl groups is 1. The summed E-state index contributed by atoms with van der Waals surface area (Å²) in [6.07, 6.45) is 2.12. The van der Waals surface area contributed by atoms with Crippen molar-refractivity contribution in [2.45, 2.75) is 37.3 Å². The average molecular weight is 569 g/mol. The summed E-state index contributed by atoms with van der Waals surface area (Å²) in [6.45, 7) is 2.06. The highest BCUT2D eigenvalue weighted by Crippen LogP contribution is 2.45. The van der Waals surface area contributed by atoms with Crippen LogP contribution < -0.4 is 10.2 Å². The standard InChI is InChI=1S/C30H31Cl2N3O4/c31-23-11-14-25(26(32)19-23)27-30(20-21-7-2-1-3-8-21,29(37)34-35-15-4-5-16-35)33-28(39-27)22-9-12-24(13-10-22)38-18-6-17-36/h1-3,7-14,19,27,36H,4-6,15-18,20H2,(H,34,37)/t27-,30-/m0/s1. The van der Waals surface area contributed by atoms with Crippen molar-refractivity contribution in [2.75, 3.05) is 26.3 Å². The van der Waals surface area contributed by atoms with Gasteiger partial charge in [-0.2, -0.15) is 0 Å². The molecule has 0 spiro atoms. The Morgan fingerprint density at radius 3 is 2.51 bits per heavy atom. The second kappa shape index (κ2) is 12.4. The summed E-state index contributed by atoms with van der Waals surface area (Å²) in [4.78, 5) is 19.3. The number of halogens is 2. The van der Waals surface area contributed by atoms with Gasteiger partial charge in [0, 0.05) is 53.7 Å². The zero-order valence-electron chi connectivity index (χ0n) is 21.5. The number of hydrogen-bond donors (Lipinski definition) is 2. The molecule has 5 rings (SSSR count). The van der Waals surface area contributed by atoms with Crippen LogP contribution in [0.3, 0.4) is 0 Å². The molecular formula is C30H31Cl2N3O4. The first-order valence-electron chi connectivity index (χ1n) is 13.1. The lowest BCUT2D eigenvalue weighted by Gasteiger charge is -2.32. The van der Waals surface area contributed by atoms with Crippen LogP contribution in [0.4, 0.5) is 0 Å². The number of carbonyl (C=O) groups is 1. The number of nitrogens with one attached hydrogen (secondary N) is 1. The van der Waals surface area contributed by atoms with Crippen LogP contribution in [0.15, 0.2) is 77.8 Å². The van der Waals surface area contributed by atoms with Gasteiger partial charge in [0.05, 0.1) is 6.61 Å². The molecule has 0 aliphatic carbocycles. The number of nitrogens with zero attached hydrogens (tertiary/aromatic N) is 2. The van der Waals surface area contributed by atoms with E-state index in [1.54, 1.807) is 18.2 Å². The van der Waals surface area contributed by atoms with Crippen LogP contribution in [0.1, 0.15) is 42.1 Å². The van der Waals surface area contributed by atoms with Crippen LogP contribution in [0, 0.1) is 0 Å². The first-order chi connectivity index (χ1) is 19.0. The third-order valence-electron chi connectivity index (χ3n) is 6.96. The molecule has 1 saturated heterocycles. The van der Waals surface area contributed by atoms with Crippen molar-refractivity contribution < 1.29 is 19.4 Å². The number of amides is 1. The summed E-state index contributed by atoms with van der Waals surface area (Å²) in [6, 6.07) is 22.4. The Morgan fingerprint density at radius 2 is 1.82 bits per heavy atom. The fourth-order valence-electron chi connectivity index (χ4n) is 4.95. The lowest BCUT2D eigenvalue weighted by Crippen LogP contribution is -2.54. The molecule has 204 valence electrons. The molecular weight excluding hydrogens is 537 g/mol. The Hall–Kier alpha value is -3.10. The van der Waals surface area contributed by atoms with Crippen LogP contribution in [0.2, 0.25) is 10.0 Å². The maximum absolute atomic E-state index is 14.2. The molecule has 2 heterocycles. The number of hydrogen-bond acceptors (Lipinski definition) is 6. The summed E-state index contributed by atoms with van der Waals surface area (Å²) in [5.74, 6) is 0.772. The molecule has 0 aromatic heterocycles. The fraction of sp³-hybridized carbons (Fsp3) is 0.333. The van der Waals surface area contributed by atoms with E-state index in [0.717, 1.165) is 31.5 Å². The zero-order chi connectivity index (χ0) is 27.2. The van der Waals surface area contributed by atoms with E-state index in [-0.39, 0.29) is 12.5 Å². The lowest BCUT2D eigenvalue weighted by atomic mass is 9.82. The molecule has 2 aliphatic heterocycles. The normalized spacial score (nSPS) is 20.9. The quantitative estimate of drug-likeness (QED) is 0.321. The predicted molar refractivity (Wildman–Crippen MR) is 152 cm³/mol. The first-order valence-corrected chi connectivity index (χ1v) is 13.9. The lowest BCUT2D eigenvalue weighted by molar-refractivity contribution is -0.133. The highest BCUT2D eigenvalue weighted by atomic mass is 35.5. The minimum atomic E-state index is -1.33. The van der Waals surface area contributed by atoms with E-state index in [1.807, 2.05) is 59.6 Å². The molecule has 3 aromatic carbocycles. The van der Waals surface area contributed by atoms with Crippen LogP contribution in [0.25, 0.3) is 0 Å². The minimum Gasteiger partial charge on any atom is -0.494 e. The summed E-state index contributed by atoms with van der Waals surface area (Å²) >= 11 is 12.9. The van der Waals surface area contributed by atoms with E-state index in [1.165, 1.54) is 0 Å². The van der Waals surface area contributed by atoms with E-state index in [9.17, 15) is 4.79 Å². The molecule has 39 heavy (non-hydrogen) atoms. The molecule has 9 heteroatoms. The maximum atomic E-state index is 14.2. The Balaban J connectivity index is 1.57. The maximum Gasteiger partial charge on any atom is 0.266 e. The Bertz CT molecular complexity index is 1310. The second-order valence-electron chi connectivity index (χ2n) is 9.75.